The summed E-state index contributed by atoms with van der Waals surface area (Å²) in [6, 6.07) is 15.1. The number of aliphatic hydroxyl groups is 1. The molecule has 1 aromatic heterocycles. The van der Waals surface area contributed by atoms with Gasteiger partial charge < -0.3 is 14.9 Å². The average Bonchev–Trinajstić information content (AvgIpc) is 2.98. The molecule has 1 amide bonds. The van der Waals surface area contributed by atoms with E-state index in [0.29, 0.717) is 5.76 Å². The number of rotatable bonds is 4. The maximum absolute atomic E-state index is 11.9. The first-order valence-electron chi connectivity index (χ1n) is 7.02. The zero-order valence-corrected chi connectivity index (χ0v) is 12.1. The number of carbonyl (C=O) groups excluding carboxylic acids is 1. The number of amides is 1. The third-order valence-electron chi connectivity index (χ3n) is 3.50. The zero-order valence-electron chi connectivity index (χ0n) is 12.1. The van der Waals surface area contributed by atoms with Crippen molar-refractivity contribution in [2.75, 3.05) is 6.54 Å². The van der Waals surface area contributed by atoms with E-state index >= 15 is 0 Å². The first kappa shape index (κ1) is 14.3. The monoisotopic (exact) mass is 296 g/mol. The lowest BCUT2D eigenvalue weighted by atomic mass is 10.0. The molecule has 5 heteroatoms. The summed E-state index contributed by atoms with van der Waals surface area (Å²) in [5.74, 6) is 0.205. The van der Waals surface area contributed by atoms with Gasteiger partial charge in [0.05, 0.1) is 6.10 Å². The molecule has 0 spiro atoms. The first-order chi connectivity index (χ1) is 10.6. The molecule has 112 valence electrons. The van der Waals surface area contributed by atoms with E-state index in [9.17, 15) is 9.90 Å². The lowest BCUT2D eigenvalue weighted by molar-refractivity contribution is 0.0908. The molecule has 1 heterocycles. The number of hydrogen-bond donors (Lipinski definition) is 2. The van der Waals surface area contributed by atoms with Crippen LogP contribution in [0.2, 0.25) is 0 Å². The number of aromatic nitrogens is 1. The number of carbonyl (C=O) groups is 1. The highest BCUT2D eigenvalue weighted by Crippen LogP contribution is 2.23. The van der Waals surface area contributed by atoms with Crippen molar-refractivity contribution in [2.24, 2.45) is 0 Å². The number of aliphatic hydroxyl groups excluding tert-OH is 1. The Bertz CT molecular complexity index is 805. The van der Waals surface area contributed by atoms with Crippen LogP contribution in [0, 0.1) is 6.92 Å². The van der Waals surface area contributed by atoms with Crippen LogP contribution in [0.4, 0.5) is 0 Å². The smallest absolute Gasteiger partial charge is 0.273 e. The Morgan fingerprint density at radius 1 is 1.27 bits per heavy atom. The summed E-state index contributed by atoms with van der Waals surface area (Å²) in [5.41, 5.74) is 0.998. The molecule has 0 aliphatic carbocycles. The second kappa shape index (κ2) is 5.99. The van der Waals surface area contributed by atoms with Gasteiger partial charge in [-0.1, -0.05) is 47.6 Å². The third kappa shape index (κ3) is 2.84. The molecule has 3 rings (SSSR count). The minimum Gasteiger partial charge on any atom is -0.387 e. The summed E-state index contributed by atoms with van der Waals surface area (Å²) in [4.78, 5) is 11.9. The topological polar surface area (TPSA) is 75.4 Å². The van der Waals surface area contributed by atoms with Crippen molar-refractivity contribution in [3.05, 3.63) is 65.5 Å². The summed E-state index contributed by atoms with van der Waals surface area (Å²) in [6.07, 6.45) is -0.789. The normalized spacial score (nSPS) is 12.3. The molecule has 0 unspecified atom stereocenters. The molecule has 0 aliphatic heterocycles. The van der Waals surface area contributed by atoms with Crippen molar-refractivity contribution in [2.45, 2.75) is 13.0 Å². The minimum atomic E-state index is -0.789. The maximum Gasteiger partial charge on any atom is 0.273 e. The van der Waals surface area contributed by atoms with E-state index in [1.165, 1.54) is 0 Å². The van der Waals surface area contributed by atoms with Crippen LogP contribution >= 0.6 is 0 Å². The lowest BCUT2D eigenvalue weighted by Crippen LogP contribution is -2.28. The van der Waals surface area contributed by atoms with Gasteiger partial charge in [-0.3, -0.25) is 4.79 Å². The Balaban J connectivity index is 1.74. The number of aryl methyl sites for hydroxylation is 1. The molecule has 1 atom stereocenters. The SMILES string of the molecule is Cc1cc(C(=O)NC[C@@H](O)c2cccc3ccccc23)no1. The summed E-state index contributed by atoms with van der Waals surface area (Å²) >= 11 is 0. The Labute approximate surface area is 127 Å². The van der Waals surface area contributed by atoms with Crippen molar-refractivity contribution in [3.63, 3.8) is 0 Å². The molecule has 0 fully saturated rings. The molecular formula is C17H16N2O3. The van der Waals surface area contributed by atoms with E-state index in [4.69, 9.17) is 4.52 Å². The van der Waals surface area contributed by atoms with E-state index in [0.717, 1.165) is 16.3 Å². The van der Waals surface area contributed by atoms with Crippen LogP contribution < -0.4 is 5.32 Å². The molecule has 0 aliphatic rings. The maximum atomic E-state index is 11.9. The Morgan fingerprint density at radius 2 is 2.05 bits per heavy atom. The molecule has 3 aromatic rings. The summed E-state index contributed by atoms with van der Waals surface area (Å²) in [5, 5.41) is 18.7. The molecular weight excluding hydrogens is 280 g/mol. The number of benzene rings is 2. The molecule has 0 saturated heterocycles. The van der Waals surface area contributed by atoms with Crippen LogP contribution in [-0.4, -0.2) is 22.7 Å². The number of nitrogens with one attached hydrogen (secondary N) is 1. The third-order valence-corrected chi connectivity index (χ3v) is 3.50. The van der Waals surface area contributed by atoms with E-state index in [2.05, 4.69) is 10.5 Å². The Morgan fingerprint density at radius 3 is 2.82 bits per heavy atom. The largest absolute Gasteiger partial charge is 0.387 e. The fraction of sp³-hybridized carbons (Fsp3) is 0.176. The van der Waals surface area contributed by atoms with Gasteiger partial charge in [-0.15, -0.1) is 0 Å². The van der Waals surface area contributed by atoms with Crippen molar-refractivity contribution >= 4 is 16.7 Å². The lowest BCUT2D eigenvalue weighted by Gasteiger charge is -2.14. The molecule has 2 N–H and O–H groups in total. The van der Waals surface area contributed by atoms with Gasteiger partial charge in [0.15, 0.2) is 5.69 Å². The highest BCUT2D eigenvalue weighted by atomic mass is 16.5. The van der Waals surface area contributed by atoms with Gasteiger partial charge in [0.1, 0.15) is 5.76 Å². The van der Waals surface area contributed by atoms with Crippen molar-refractivity contribution < 1.29 is 14.4 Å². The molecule has 0 bridgehead atoms. The average molecular weight is 296 g/mol. The fourth-order valence-corrected chi connectivity index (χ4v) is 2.40. The highest BCUT2D eigenvalue weighted by Gasteiger charge is 2.15. The summed E-state index contributed by atoms with van der Waals surface area (Å²) in [7, 11) is 0. The van der Waals surface area contributed by atoms with Crippen molar-refractivity contribution in [3.8, 4) is 0 Å². The van der Waals surface area contributed by atoms with Crippen LogP contribution in [0.15, 0.2) is 53.1 Å². The second-order valence-corrected chi connectivity index (χ2v) is 5.12. The molecule has 0 radical (unpaired) electrons. The Hall–Kier alpha value is -2.66. The van der Waals surface area contributed by atoms with Gasteiger partial charge in [0, 0.05) is 12.6 Å². The van der Waals surface area contributed by atoms with Gasteiger partial charge in [0.25, 0.3) is 5.91 Å². The predicted molar refractivity (Wildman–Crippen MR) is 82.5 cm³/mol. The van der Waals surface area contributed by atoms with Crippen molar-refractivity contribution in [1.29, 1.82) is 0 Å². The summed E-state index contributed by atoms with van der Waals surface area (Å²) < 4.78 is 4.86. The predicted octanol–water partition coefficient (Wildman–Crippen LogP) is 2.60. The minimum absolute atomic E-state index is 0.110. The molecule has 2 aromatic carbocycles. The van der Waals surface area contributed by atoms with E-state index in [1.54, 1.807) is 13.0 Å². The molecule has 0 saturated carbocycles. The van der Waals surface area contributed by atoms with Gasteiger partial charge >= 0.3 is 0 Å². The molecule has 22 heavy (non-hydrogen) atoms. The quantitative estimate of drug-likeness (QED) is 0.776. The van der Waals surface area contributed by atoms with Crippen LogP contribution in [0.3, 0.4) is 0 Å². The Kier molecular flexibility index (Phi) is 3.89. The highest BCUT2D eigenvalue weighted by molar-refractivity contribution is 5.92. The summed E-state index contributed by atoms with van der Waals surface area (Å²) in [6.45, 7) is 1.83. The standard InChI is InChI=1S/C17H16N2O3/c1-11-9-15(19-22-11)17(21)18-10-16(20)14-8-4-6-12-5-2-3-7-13(12)14/h2-9,16,20H,10H2,1H3,(H,18,21)/t16-/m1/s1. The van der Waals surface area contributed by atoms with E-state index in [1.807, 2.05) is 42.5 Å². The first-order valence-corrected chi connectivity index (χ1v) is 7.02. The van der Waals surface area contributed by atoms with Crippen LogP contribution in [0.25, 0.3) is 10.8 Å². The number of fused-ring (bicyclic) bond motifs is 1. The van der Waals surface area contributed by atoms with E-state index in [-0.39, 0.29) is 18.1 Å². The van der Waals surface area contributed by atoms with Crippen molar-refractivity contribution in [1.82, 2.24) is 10.5 Å². The number of nitrogens with zero attached hydrogens (tertiary/aromatic N) is 1. The van der Waals surface area contributed by atoms with Crippen LogP contribution in [0.1, 0.15) is 27.9 Å². The van der Waals surface area contributed by atoms with Gasteiger partial charge in [-0.05, 0) is 23.3 Å². The van der Waals surface area contributed by atoms with Gasteiger partial charge in [-0.2, -0.15) is 0 Å². The zero-order chi connectivity index (χ0) is 15.5. The number of hydrogen-bond acceptors (Lipinski definition) is 4. The second-order valence-electron chi connectivity index (χ2n) is 5.12. The van der Waals surface area contributed by atoms with Crippen LogP contribution in [0.5, 0.6) is 0 Å². The van der Waals surface area contributed by atoms with Gasteiger partial charge in [0.2, 0.25) is 0 Å². The van der Waals surface area contributed by atoms with Crippen LogP contribution in [-0.2, 0) is 0 Å². The molecule has 5 nitrogen and oxygen atoms in total. The van der Waals surface area contributed by atoms with E-state index < -0.39 is 6.10 Å². The van der Waals surface area contributed by atoms with Gasteiger partial charge in [-0.25, -0.2) is 0 Å². The fourth-order valence-electron chi connectivity index (χ4n) is 2.40.